The third kappa shape index (κ3) is 5.30. The van der Waals surface area contributed by atoms with Crippen molar-refractivity contribution in [3.05, 3.63) is 89.2 Å². The van der Waals surface area contributed by atoms with E-state index in [1.807, 2.05) is 44.2 Å². The fourth-order valence-electron chi connectivity index (χ4n) is 4.80. The molecule has 5 rings (SSSR count). The number of thiazole rings is 1. The maximum absolute atomic E-state index is 13.9. The van der Waals surface area contributed by atoms with E-state index in [2.05, 4.69) is 12.1 Å². The summed E-state index contributed by atoms with van der Waals surface area (Å²) in [5, 5.41) is 0.652. The summed E-state index contributed by atoms with van der Waals surface area (Å²) in [6.45, 7) is 4.93. The van der Waals surface area contributed by atoms with Crippen molar-refractivity contribution in [1.82, 2.24) is 9.29 Å². The molecule has 0 aliphatic carbocycles. The molecule has 1 aliphatic heterocycles. The molecule has 6 nitrogen and oxygen atoms in total. The summed E-state index contributed by atoms with van der Waals surface area (Å²) >= 11 is 1.51. The van der Waals surface area contributed by atoms with Crippen LogP contribution < -0.4 is 4.90 Å². The number of nitrogens with zero attached hydrogens (tertiary/aromatic N) is 3. The molecular weight excluding hydrogens is 509 g/mol. The zero-order valence-corrected chi connectivity index (χ0v) is 22.4. The molecule has 1 aliphatic rings. The van der Waals surface area contributed by atoms with Crippen LogP contribution in [0, 0.1) is 25.6 Å². The highest BCUT2D eigenvalue weighted by atomic mass is 32.2. The van der Waals surface area contributed by atoms with Crippen molar-refractivity contribution in [3.63, 3.8) is 0 Å². The number of carbonyl (C=O) groups excluding carboxylic acids is 1. The highest BCUT2D eigenvalue weighted by molar-refractivity contribution is 7.89. The van der Waals surface area contributed by atoms with Gasteiger partial charge in [0, 0.05) is 19.0 Å². The van der Waals surface area contributed by atoms with Crippen LogP contribution in [0.1, 0.15) is 29.5 Å². The van der Waals surface area contributed by atoms with Crippen molar-refractivity contribution in [1.29, 1.82) is 0 Å². The molecule has 0 unspecified atom stereocenters. The van der Waals surface area contributed by atoms with Crippen LogP contribution in [-0.2, 0) is 21.4 Å². The number of halogens is 1. The Bertz CT molecular complexity index is 1530. The molecule has 1 fully saturated rings. The summed E-state index contributed by atoms with van der Waals surface area (Å²) in [4.78, 5) is 20.5. The molecule has 0 atom stereocenters. The molecule has 0 radical (unpaired) electrons. The van der Waals surface area contributed by atoms with Crippen LogP contribution in [-0.4, -0.2) is 36.7 Å². The Hall–Kier alpha value is -3.14. The number of aryl methyl sites for hydroxylation is 2. The van der Waals surface area contributed by atoms with E-state index in [1.54, 1.807) is 4.90 Å². The Balaban J connectivity index is 1.39. The van der Waals surface area contributed by atoms with Gasteiger partial charge in [-0.2, -0.15) is 4.31 Å². The van der Waals surface area contributed by atoms with Crippen molar-refractivity contribution in [2.24, 2.45) is 5.92 Å². The van der Waals surface area contributed by atoms with E-state index in [9.17, 15) is 17.6 Å². The van der Waals surface area contributed by atoms with E-state index >= 15 is 0 Å². The molecule has 192 valence electrons. The van der Waals surface area contributed by atoms with Gasteiger partial charge in [-0.15, -0.1) is 0 Å². The molecule has 2 heterocycles. The maximum atomic E-state index is 13.9. The van der Waals surface area contributed by atoms with Crippen molar-refractivity contribution >= 4 is 42.6 Å². The van der Waals surface area contributed by atoms with Gasteiger partial charge in [-0.1, -0.05) is 47.7 Å². The van der Waals surface area contributed by atoms with E-state index in [0.717, 1.165) is 39.0 Å². The lowest BCUT2D eigenvalue weighted by Crippen LogP contribution is -2.44. The SMILES string of the molecule is Cc1cc(C)c2nc(N(Cc3ccccc3)C(=O)C3CCN(S(=O)(=O)c4ccc(F)cc4)CC3)sc2c1. The average molecular weight is 538 g/mol. The smallest absolute Gasteiger partial charge is 0.243 e. The van der Waals surface area contributed by atoms with Gasteiger partial charge >= 0.3 is 0 Å². The van der Waals surface area contributed by atoms with Gasteiger partial charge in [0.25, 0.3) is 0 Å². The molecule has 1 amide bonds. The maximum Gasteiger partial charge on any atom is 0.243 e. The monoisotopic (exact) mass is 537 g/mol. The van der Waals surface area contributed by atoms with Crippen LogP contribution in [0.5, 0.6) is 0 Å². The third-order valence-corrected chi connectivity index (χ3v) is 9.69. The molecule has 9 heteroatoms. The summed E-state index contributed by atoms with van der Waals surface area (Å²) in [6, 6.07) is 18.8. The first-order valence-electron chi connectivity index (χ1n) is 12.2. The van der Waals surface area contributed by atoms with E-state index in [4.69, 9.17) is 4.98 Å². The molecule has 1 aromatic heterocycles. The Morgan fingerprint density at radius 1 is 1.05 bits per heavy atom. The van der Waals surface area contributed by atoms with Gasteiger partial charge in [0.15, 0.2) is 5.13 Å². The minimum absolute atomic E-state index is 0.0453. The largest absolute Gasteiger partial charge is 0.283 e. The average Bonchev–Trinajstić information content (AvgIpc) is 3.32. The second kappa shape index (κ2) is 10.3. The van der Waals surface area contributed by atoms with Crippen LogP contribution >= 0.6 is 11.3 Å². The molecule has 0 saturated carbocycles. The van der Waals surface area contributed by atoms with Gasteiger partial charge in [-0.25, -0.2) is 17.8 Å². The Kier molecular flexibility index (Phi) is 7.11. The van der Waals surface area contributed by atoms with Crippen molar-refractivity contribution in [2.75, 3.05) is 18.0 Å². The first-order valence-corrected chi connectivity index (χ1v) is 14.5. The lowest BCUT2D eigenvalue weighted by atomic mass is 9.96. The number of hydrogen-bond acceptors (Lipinski definition) is 5. The highest BCUT2D eigenvalue weighted by Crippen LogP contribution is 2.34. The number of piperidine rings is 1. The minimum atomic E-state index is -3.74. The standard InChI is InChI=1S/C28H28FN3O3S2/c1-19-16-20(2)26-25(17-19)36-28(30-26)32(18-21-6-4-3-5-7-21)27(33)22-12-14-31(15-13-22)37(34,35)24-10-8-23(29)9-11-24/h3-11,16-17,22H,12-15,18H2,1-2H3. The number of carbonyl (C=O) groups is 1. The Labute approximate surface area is 220 Å². The van der Waals surface area contributed by atoms with Crippen molar-refractivity contribution in [2.45, 2.75) is 38.1 Å². The lowest BCUT2D eigenvalue weighted by Gasteiger charge is -2.33. The summed E-state index contributed by atoms with van der Waals surface area (Å²) in [5.74, 6) is -0.851. The predicted molar refractivity (Wildman–Crippen MR) is 145 cm³/mol. The van der Waals surface area contributed by atoms with E-state index < -0.39 is 15.8 Å². The van der Waals surface area contributed by atoms with E-state index in [1.165, 1.54) is 27.8 Å². The minimum Gasteiger partial charge on any atom is -0.283 e. The Morgan fingerprint density at radius 3 is 2.41 bits per heavy atom. The van der Waals surface area contributed by atoms with Gasteiger partial charge in [-0.3, -0.25) is 9.69 Å². The topological polar surface area (TPSA) is 70.6 Å². The number of rotatable bonds is 6. The molecule has 1 saturated heterocycles. The fourth-order valence-corrected chi connectivity index (χ4v) is 7.42. The molecule has 0 spiro atoms. The third-order valence-electron chi connectivity index (χ3n) is 6.75. The molecular formula is C28H28FN3O3S2. The number of hydrogen-bond donors (Lipinski definition) is 0. The van der Waals surface area contributed by atoms with Crippen LogP contribution in [0.4, 0.5) is 9.52 Å². The zero-order valence-electron chi connectivity index (χ0n) is 20.7. The molecule has 3 aromatic carbocycles. The number of anilines is 1. The normalized spacial score (nSPS) is 15.2. The Morgan fingerprint density at radius 2 is 1.73 bits per heavy atom. The summed E-state index contributed by atoms with van der Waals surface area (Å²) < 4.78 is 41.8. The number of aromatic nitrogens is 1. The van der Waals surface area contributed by atoms with Gasteiger partial charge in [0.2, 0.25) is 15.9 Å². The first-order chi connectivity index (χ1) is 17.7. The summed E-state index contributed by atoms with van der Waals surface area (Å²) in [6.07, 6.45) is 0.821. The zero-order chi connectivity index (χ0) is 26.2. The molecule has 0 bridgehead atoms. The number of fused-ring (bicyclic) bond motifs is 1. The van der Waals surface area contributed by atoms with Crippen molar-refractivity contribution < 1.29 is 17.6 Å². The summed E-state index contributed by atoms with van der Waals surface area (Å²) in [5.41, 5.74) is 4.12. The van der Waals surface area contributed by atoms with Crippen LogP contribution in [0.2, 0.25) is 0 Å². The lowest BCUT2D eigenvalue weighted by molar-refractivity contribution is -0.123. The van der Waals surface area contributed by atoms with Gasteiger partial charge in [0.05, 0.1) is 21.7 Å². The molecule has 4 aromatic rings. The van der Waals surface area contributed by atoms with Crippen LogP contribution in [0.15, 0.2) is 71.6 Å². The number of amides is 1. The van der Waals surface area contributed by atoms with Crippen LogP contribution in [0.25, 0.3) is 10.2 Å². The predicted octanol–water partition coefficient (Wildman–Crippen LogP) is 5.69. The van der Waals surface area contributed by atoms with E-state index in [-0.39, 0.29) is 29.8 Å². The molecule has 37 heavy (non-hydrogen) atoms. The van der Waals surface area contributed by atoms with Gasteiger partial charge < -0.3 is 0 Å². The highest BCUT2D eigenvalue weighted by Gasteiger charge is 2.35. The molecule has 0 N–H and O–H groups in total. The van der Waals surface area contributed by atoms with Crippen molar-refractivity contribution in [3.8, 4) is 0 Å². The fraction of sp³-hybridized carbons (Fsp3) is 0.286. The quantitative estimate of drug-likeness (QED) is 0.317. The van der Waals surface area contributed by atoms with Crippen LogP contribution in [0.3, 0.4) is 0 Å². The number of benzene rings is 3. The van der Waals surface area contributed by atoms with Gasteiger partial charge in [0.1, 0.15) is 5.82 Å². The second-order valence-electron chi connectivity index (χ2n) is 9.47. The van der Waals surface area contributed by atoms with Gasteiger partial charge in [-0.05, 0) is 73.7 Å². The number of sulfonamides is 1. The second-order valence-corrected chi connectivity index (χ2v) is 12.4. The first kappa shape index (κ1) is 25.5. The van der Waals surface area contributed by atoms with E-state index in [0.29, 0.717) is 24.5 Å². The summed E-state index contributed by atoms with van der Waals surface area (Å²) in [7, 11) is -3.74.